The van der Waals surface area contributed by atoms with Crippen molar-refractivity contribution in [2.75, 3.05) is 36.9 Å². The molecule has 6 saturated carbocycles. The summed E-state index contributed by atoms with van der Waals surface area (Å²) in [5, 5.41) is 18.2. The summed E-state index contributed by atoms with van der Waals surface area (Å²) in [6, 6.07) is 29.4. The van der Waals surface area contributed by atoms with E-state index in [9.17, 15) is 31.2 Å². The molecule has 4 spiro atoms. The summed E-state index contributed by atoms with van der Waals surface area (Å²) in [7, 11) is -8.78. The third kappa shape index (κ3) is 16.2. The van der Waals surface area contributed by atoms with Crippen molar-refractivity contribution < 1.29 is 45.4 Å². The molecule has 0 radical (unpaired) electrons. The molecule has 8 aliphatic rings. The number of ether oxygens (including phenoxy) is 3. The van der Waals surface area contributed by atoms with Crippen LogP contribution in [0.2, 0.25) is 10.3 Å². The van der Waals surface area contributed by atoms with Gasteiger partial charge in [0.15, 0.2) is 21.7 Å². The van der Waals surface area contributed by atoms with Crippen LogP contribution >= 0.6 is 23.2 Å². The Hall–Kier alpha value is -8.83. The van der Waals surface area contributed by atoms with E-state index in [1.165, 1.54) is 91.1 Å². The maximum absolute atomic E-state index is 13.5. The Morgan fingerprint density at radius 1 is 0.560 bits per heavy atom. The molecule has 3 amide bonds. The molecule has 8 aromatic heterocycles. The lowest BCUT2D eigenvalue weighted by molar-refractivity contribution is 0.0130. The van der Waals surface area contributed by atoms with Gasteiger partial charge >= 0.3 is 6.09 Å². The van der Waals surface area contributed by atoms with Crippen LogP contribution in [0.25, 0.3) is 11.6 Å². The quantitative estimate of drug-likeness (QED) is 0.0284. The molecule has 6 aliphatic carbocycles. The minimum Gasteiger partial charge on any atom is -0.477 e. The number of sulfonamides is 2. The second kappa shape index (κ2) is 29.1. The first-order chi connectivity index (χ1) is 52.0. The molecule has 0 bridgehead atoms. The number of carbonyl (C=O) groups excluding carboxylic acids is 3. The summed E-state index contributed by atoms with van der Waals surface area (Å²) < 4.78 is 78.5. The van der Waals surface area contributed by atoms with Crippen LogP contribution in [-0.4, -0.2) is 132 Å². The monoisotopic (exact) mass is 1560 g/mol. The van der Waals surface area contributed by atoms with Crippen molar-refractivity contribution >= 4 is 72.8 Å². The molecule has 8 aromatic rings. The highest BCUT2D eigenvalue weighted by Crippen LogP contribution is 2.94. The van der Waals surface area contributed by atoms with Gasteiger partial charge in [-0.1, -0.05) is 47.5 Å². The zero-order chi connectivity index (χ0) is 76.5. The average molecular weight is 1560 g/mol. The van der Waals surface area contributed by atoms with E-state index in [1.54, 1.807) is 72.2 Å². The van der Waals surface area contributed by atoms with Crippen LogP contribution in [0.5, 0.6) is 11.8 Å². The van der Waals surface area contributed by atoms with E-state index in [2.05, 4.69) is 79.3 Å². The Kier molecular flexibility index (Phi) is 20.2. The SMILES string of the molecule is CC(C)(C)OC(=O)N1C[C@H](CCC(Nc2cccc(S(=O)(=O)NC(=O)c3ccc(-n4ccc(OCCC5C6(CC6)C56CC6)n4)nc3Cl)n2)c2ccccn2)CC1(C)C.CC1(C)C[C@@H](CCC(Nc2cccc(S(=O)(=O)NC(=O)c3ccc(-n4ccc(OCCC5C6(CC6)C56CC6)n4)nc3Cl)n2)c2ccccn2)CN1. The van der Waals surface area contributed by atoms with Gasteiger partial charge in [-0.25, -0.2) is 43.5 Å². The number of carbonyl (C=O) groups is 3. The highest BCUT2D eigenvalue weighted by molar-refractivity contribution is 7.90. The fraction of sp³-hybridized carbons (Fsp3) is 0.506. The number of rotatable bonds is 28. The molecule has 2 aliphatic heterocycles. The average Bonchev–Trinajstić information content (AvgIpc) is 1.45. The van der Waals surface area contributed by atoms with Gasteiger partial charge in [0.05, 0.1) is 47.8 Å². The number of pyridine rings is 6. The third-order valence-electron chi connectivity index (χ3n) is 23.9. The number of hydrogen-bond acceptors (Lipinski definition) is 21. The molecule has 5 N–H and O–H groups in total. The van der Waals surface area contributed by atoms with Gasteiger partial charge in [0, 0.05) is 54.5 Å². The molecule has 576 valence electrons. The van der Waals surface area contributed by atoms with Gasteiger partial charge in [0.25, 0.3) is 31.9 Å². The third-order valence-corrected chi connectivity index (χ3v) is 26.9. The normalized spacial score (nSPS) is 20.9. The zero-order valence-electron chi connectivity index (χ0n) is 62.4. The first-order valence-electron chi connectivity index (χ1n) is 37.9. The van der Waals surface area contributed by atoms with E-state index in [4.69, 9.17) is 37.4 Å². The lowest BCUT2D eigenvalue weighted by Gasteiger charge is -2.33. The predicted molar refractivity (Wildman–Crippen MR) is 409 cm³/mol. The van der Waals surface area contributed by atoms with Gasteiger partial charge in [-0.3, -0.25) is 19.6 Å². The lowest BCUT2D eigenvalue weighted by atomic mass is 9.91. The van der Waals surface area contributed by atoms with E-state index >= 15 is 0 Å². The van der Waals surface area contributed by atoms with Crippen molar-refractivity contribution in [1.29, 1.82) is 0 Å². The van der Waals surface area contributed by atoms with Crippen LogP contribution in [0.3, 0.4) is 0 Å². The summed E-state index contributed by atoms with van der Waals surface area (Å²) in [6.07, 6.45) is 24.6. The van der Waals surface area contributed by atoms with Crippen LogP contribution in [0.1, 0.15) is 195 Å². The zero-order valence-corrected chi connectivity index (χ0v) is 65.5. The first kappa shape index (κ1) is 75.6. The van der Waals surface area contributed by atoms with Crippen molar-refractivity contribution in [2.45, 2.75) is 190 Å². The van der Waals surface area contributed by atoms with Crippen molar-refractivity contribution in [3.63, 3.8) is 0 Å². The van der Waals surface area contributed by atoms with Crippen LogP contribution in [0.15, 0.2) is 144 Å². The van der Waals surface area contributed by atoms with Gasteiger partial charge in [-0.2, -0.15) is 16.8 Å². The number of nitrogens with zero attached hydrogens (tertiary/aromatic N) is 11. The van der Waals surface area contributed by atoms with E-state index in [0.29, 0.717) is 83.0 Å². The molecular formula is C79H94Cl2N16O10S2. The van der Waals surface area contributed by atoms with Crippen molar-refractivity contribution in [3.05, 3.63) is 167 Å². The Morgan fingerprint density at radius 3 is 1.40 bits per heavy atom. The van der Waals surface area contributed by atoms with Gasteiger partial charge < -0.3 is 35.1 Å². The van der Waals surface area contributed by atoms with Crippen LogP contribution in [0.4, 0.5) is 16.4 Å². The molecule has 109 heavy (non-hydrogen) atoms. The lowest BCUT2D eigenvalue weighted by Crippen LogP contribution is -2.45. The number of likely N-dealkylation sites (tertiary alicyclic amines) is 1. The fourth-order valence-electron chi connectivity index (χ4n) is 18.1. The predicted octanol–water partition coefficient (Wildman–Crippen LogP) is 13.9. The second-order valence-electron chi connectivity index (χ2n) is 33.2. The summed E-state index contributed by atoms with van der Waals surface area (Å²) in [5.74, 6) is 2.74. The minimum atomic E-state index is -4.43. The number of hydrogen-bond donors (Lipinski definition) is 5. The number of amides is 3. The molecular weight excluding hydrogens is 1470 g/mol. The Labute approximate surface area is 645 Å². The smallest absolute Gasteiger partial charge is 0.410 e. The topological polar surface area (TPSA) is 324 Å². The standard InChI is InChI=1S/C42H51ClN8O6S.C37H43ClN8O4S/c1-39(2,3)57-38(53)50-26-27(25-40(50,4)5)12-14-30(29-9-6-7-22-44-29)45-32-10-8-11-35(46-32)58(54,55)49-37(52)28-13-15-33(47-36(28)43)51-23-16-34(48-51)56-24-17-31-41(18-19-41)42(31)20-21-42;1-35(2)22-24(23-40-35)9-11-27(26-6-3-4-19-39-26)41-29-7-5-8-32(42-29)51(48,49)45-34(47)25-10-12-30(43-33(25)38)46-20-13-31(44-46)50-21-14-28-36(15-16-36)37(28)17-18-37/h6-11,13,15-16,22-23,27,30-31H,12,14,17-21,24-26H2,1-5H3,(H,45,46)(H,49,52);3-8,10,12-13,19-20,24,27-28,40H,9,11,14-18,21-23H2,1-2H3,(H,41,42)(H,45,47)/t27-,30?;24-,27?/m11/s1. The number of aromatic nitrogens is 10. The molecule has 26 nitrogen and oxygen atoms in total. The Morgan fingerprint density at radius 2 is 1.01 bits per heavy atom. The van der Waals surface area contributed by atoms with E-state index in [1.807, 2.05) is 71.0 Å². The van der Waals surface area contributed by atoms with E-state index < -0.39 is 37.5 Å². The van der Waals surface area contributed by atoms with Crippen molar-refractivity contribution in [2.24, 2.45) is 45.3 Å². The van der Waals surface area contributed by atoms with Crippen molar-refractivity contribution in [1.82, 2.24) is 69.1 Å². The van der Waals surface area contributed by atoms with Gasteiger partial charge in [0.1, 0.15) is 27.5 Å². The van der Waals surface area contributed by atoms with Crippen LogP contribution < -0.4 is 34.9 Å². The number of anilines is 2. The fourth-order valence-corrected chi connectivity index (χ4v) is 20.5. The number of halogens is 2. The molecule has 8 fully saturated rings. The molecule has 4 atom stereocenters. The van der Waals surface area contributed by atoms with E-state index in [0.717, 1.165) is 74.7 Å². The molecule has 16 rings (SSSR count). The van der Waals surface area contributed by atoms with Gasteiger partial charge in [-0.05, 0) is 276 Å². The van der Waals surface area contributed by atoms with E-state index in [-0.39, 0.29) is 72.5 Å². The largest absolute Gasteiger partial charge is 0.477 e. The van der Waals surface area contributed by atoms with Crippen LogP contribution in [-0.2, 0) is 24.8 Å². The van der Waals surface area contributed by atoms with Gasteiger partial charge in [0.2, 0.25) is 11.8 Å². The molecule has 30 heteroatoms. The highest BCUT2D eigenvalue weighted by Gasteiger charge is 2.86. The maximum atomic E-state index is 13.5. The van der Waals surface area contributed by atoms with Gasteiger partial charge in [-0.15, -0.1) is 10.2 Å². The summed E-state index contributed by atoms with van der Waals surface area (Å²) in [6.45, 7) is 16.8. The molecule has 2 saturated heterocycles. The number of nitrogens with one attached hydrogen (secondary N) is 5. The molecule has 2 unspecified atom stereocenters. The maximum Gasteiger partial charge on any atom is 0.410 e. The highest BCUT2D eigenvalue weighted by atomic mass is 35.5. The Balaban J connectivity index is 0.000000175. The second-order valence-corrected chi connectivity index (χ2v) is 37.1. The van der Waals surface area contributed by atoms with Crippen molar-refractivity contribution in [3.8, 4) is 23.4 Å². The molecule has 0 aromatic carbocycles. The first-order valence-corrected chi connectivity index (χ1v) is 41.6. The summed E-state index contributed by atoms with van der Waals surface area (Å²) in [5.41, 5.74) is 3.07. The van der Waals surface area contributed by atoms with Crippen LogP contribution in [0, 0.1) is 45.3 Å². The summed E-state index contributed by atoms with van der Waals surface area (Å²) in [4.78, 5) is 67.7. The molecule has 10 heterocycles. The number of fused-ring (bicyclic) bond motifs is 2. The minimum absolute atomic E-state index is 0.103. The summed E-state index contributed by atoms with van der Waals surface area (Å²) >= 11 is 12.8. The Bertz CT molecular complexity index is 4930.